The fourth-order valence-electron chi connectivity index (χ4n) is 4.16. The third-order valence-electron chi connectivity index (χ3n) is 5.69. The molecule has 5 rings (SSSR count). The first kappa shape index (κ1) is 22.2. The second-order valence-corrected chi connectivity index (χ2v) is 9.10. The van der Waals surface area contributed by atoms with Gasteiger partial charge in [0.15, 0.2) is 16.6 Å². The molecule has 0 spiro atoms. The molecular weight excluding hydrogens is 446 g/mol. The van der Waals surface area contributed by atoms with Gasteiger partial charge in [-0.25, -0.2) is 9.97 Å². The van der Waals surface area contributed by atoms with Crippen molar-refractivity contribution >= 4 is 22.3 Å². The number of aromatic nitrogens is 3. The summed E-state index contributed by atoms with van der Waals surface area (Å²) in [6.07, 6.45) is 5.62. The Labute approximate surface area is 203 Å². The molecule has 0 saturated carbocycles. The average molecular weight is 474 g/mol. The van der Waals surface area contributed by atoms with Crippen molar-refractivity contribution in [2.45, 2.75) is 25.9 Å². The molecule has 1 atom stereocenters. The van der Waals surface area contributed by atoms with Crippen molar-refractivity contribution in [3.8, 4) is 33.3 Å². The molecule has 2 aromatic heterocycles. The molecule has 3 heterocycles. The van der Waals surface area contributed by atoms with Crippen molar-refractivity contribution in [3.05, 3.63) is 67.0 Å². The van der Waals surface area contributed by atoms with Crippen LogP contribution in [0.4, 0.5) is 10.9 Å². The second kappa shape index (κ2) is 10.1. The van der Waals surface area contributed by atoms with Gasteiger partial charge in [0.05, 0.1) is 36.1 Å². The maximum atomic E-state index is 6.35. The van der Waals surface area contributed by atoms with Gasteiger partial charge in [-0.05, 0) is 31.9 Å². The minimum atomic E-state index is 0.0414. The summed E-state index contributed by atoms with van der Waals surface area (Å²) in [5, 5.41) is 0.514. The number of nitrogens with two attached hydrogens (primary N) is 1. The number of anilines is 2. The van der Waals surface area contributed by atoms with E-state index in [4.69, 9.17) is 20.2 Å². The number of nitrogens with zero attached hydrogens (tertiary/aromatic N) is 4. The topological polar surface area (TPSA) is 86.4 Å². The van der Waals surface area contributed by atoms with Gasteiger partial charge < -0.3 is 20.1 Å². The number of thiazole rings is 1. The Morgan fingerprint density at radius 3 is 2.65 bits per heavy atom. The molecule has 174 valence electrons. The molecule has 1 unspecified atom stereocenters. The Hall–Kier alpha value is -3.65. The third-order valence-corrected chi connectivity index (χ3v) is 6.60. The highest BCUT2D eigenvalue weighted by molar-refractivity contribution is 7.19. The summed E-state index contributed by atoms with van der Waals surface area (Å²) < 4.78 is 12.1. The van der Waals surface area contributed by atoms with E-state index >= 15 is 0 Å². The largest absolute Gasteiger partial charge is 0.490 e. The summed E-state index contributed by atoms with van der Waals surface area (Å²) in [6, 6.07) is 17.9. The summed E-state index contributed by atoms with van der Waals surface area (Å²) >= 11 is 1.43. The van der Waals surface area contributed by atoms with Crippen LogP contribution < -0.4 is 20.1 Å². The van der Waals surface area contributed by atoms with E-state index in [0.717, 1.165) is 65.1 Å². The highest BCUT2D eigenvalue weighted by Gasteiger charge is 2.24. The molecule has 34 heavy (non-hydrogen) atoms. The van der Waals surface area contributed by atoms with E-state index < -0.39 is 0 Å². The summed E-state index contributed by atoms with van der Waals surface area (Å²) in [6.45, 7) is 4.22. The first-order chi connectivity index (χ1) is 16.7. The number of hydrogen-bond acceptors (Lipinski definition) is 8. The minimum Gasteiger partial charge on any atom is -0.490 e. The average Bonchev–Trinajstić information content (AvgIpc) is 3.28. The lowest BCUT2D eigenvalue weighted by Gasteiger charge is -2.33. The van der Waals surface area contributed by atoms with E-state index in [1.165, 1.54) is 11.3 Å². The van der Waals surface area contributed by atoms with E-state index in [1.54, 1.807) is 6.20 Å². The number of ether oxygens (including phenoxy) is 2. The first-order valence-corrected chi connectivity index (χ1v) is 12.3. The van der Waals surface area contributed by atoms with Crippen LogP contribution in [0.5, 0.6) is 11.5 Å². The number of hydrogen-bond donors (Lipinski definition) is 1. The van der Waals surface area contributed by atoms with E-state index in [9.17, 15) is 0 Å². The molecule has 1 aliphatic heterocycles. The lowest BCUT2D eigenvalue weighted by atomic mass is 10.1. The Morgan fingerprint density at radius 1 is 1.03 bits per heavy atom. The standard InChI is InChI=1S/C26H27N5O2S/c1-2-32-21-12-6-7-13-22(21)33-19-11-8-14-31(17-19)23-16-28-15-20(29-23)25-24(30-26(27)34-25)18-9-4-3-5-10-18/h3-7,9-10,12-13,15-16,19H,2,8,11,14,17H2,1H3,(H2,27,30). The van der Waals surface area contributed by atoms with Crippen molar-refractivity contribution in [1.82, 2.24) is 15.0 Å². The van der Waals surface area contributed by atoms with Crippen LogP contribution in [0.3, 0.4) is 0 Å². The molecule has 1 fully saturated rings. The van der Waals surface area contributed by atoms with Crippen LogP contribution in [0.1, 0.15) is 19.8 Å². The van der Waals surface area contributed by atoms with Gasteiger partial charge in [-0.2, -0.15) is 0 Å². The Balaban J connectivity index is 1.37. The lowest BCUT2D eigenvalue weighted by Crippen LogP contribution is -2.41. The maximum absolute atomic E-state index is 6.35. The second-order valence-electron chi connectivity index (χ2n) is 8.07. The number of rotatable bonds is 7. The molecule has 2 N–H and O–H groups in total. The Kier molecular flexibility index (Phi) is 6.58. The predicted octanol–water partition coefficient (Wildman–Crippen LogP) is 5.30. The van der Waals surface area contributed by atoms with Crippen molar-refractivity contribution < 1.29 is 9.47 Å². The fourth-order valence-corrected chi connectivity index (χ4v) is 4.97. The van der Waals surface area contributed by atoms with Crippen LogP contribution in [0, 0.1) is 0 Å². The number of piperidine rings is 1. The van der Waals surface area contributed by atoms with Crippen molar-refractivity contribution in [3.63, 3.8) is 0 Å². The van der Waals surface area contributed by atoms with Gasteiger partial charge in [0.25, 0.3) is 0 Å². The zero-order chi connectivity index (χ0) is 23.3. The molecule has 2 aromatic carbocycles. The number of benzene rings is 2. The highest BCUT2D eigenvalue weighted by atomic mass is 32.1. The Morgan fingerprint density at radius 2 is 1.82 bits per heavy atom. The molecule has 4 aromatic rings. The van der Waals surface area contributed by atoms with Crippen molar-refractivity contribution in [1.29, 1.82) is 0 Å². The molecular formula is C26H27N5O2S. The summed E-state index contributed by atoms with van der Waals surface area (Å²) in [7, 11) is 0. The van der Waals surface area contributed by atoms with Gasteiger partial charge in [-0.15, -0.1) is 0 Å². The summed E-state index contributed by atoms with van der Waals surface area (Å²) in [5.41, 5.74) is 8.70. The van der Waals surface area contributed by atoms with Crippen LogP contribution in [0.2, 0.25) is 0 Å². The van der Waals surface area contributed by atoms with Gasteiger partial charge >= 0.3 is 0 Å². The third kappa shape index (κ3) is 4.82. The van der Waals surface area contributed by atoms with Crippen molar-refractivity contribution in [2.75, 3.05) is 30.3 Å². The van der Waals surface area contributed by atoms with Crippen LogP contribution >= 0.6 is 11.3 Å². The zero-order valence-corrected chi connectivity index (χ0v) is 19.9. The molecule has 1 aliphatic rings. The SMILES string of the molecule is CCOc1ccccc1OC1CCCN(c2cncc(-c3sc(N)nc3-c3ccccc3)n2)C1. The van der Waals surface area contributed by atoms with Gasteiger partial charge in [-0.1, -0.05) is 53.8 Å². The van der Waals surface area contributed by atoms with E-state index in [-0.39, 0.29) is 6.10 Å². The number of nitrogen functional groups attached to an aromatic ring is 1. The van der Waals surface area contributed by atoms with Crippen LogP contribution in [-0.2, 0) is 0 Å². The maximum Gasteiger partial charge on any atom is 0.181 e. The highest BCUT2D eigenvalue weighted by Crippen LogP contribution is 2.37. The van der Waals surface area contributed by atoms with Gasteiger partial charge in [0.2, 0.25) is 0 Å². The molecule has 0 aliphatic carbocycles. The quantitative estimate of drug-likeness (QED) is 0.390. The van der Waals surface area contributed by atoms with Gasteiger partial charge in [-0.3, -0.25) is 4.98 Å². The molecule has 8 heteroatoms. The molecule has 0 radical (unpaired) electrons. The van der Waals surface area contributed by atoms with Crippen LogP contribution in [0.15, 0.2) is 67.0 Å². The smallest absolute Gasteiger partial charge is 0.181 e. The molecule has 0 amide bonds. The van der Waals surface area contributed by atoms with Gasteiger partial charge in [0.1, 0.15) is 17.6 Å². The zero-order valence-electron chi connectivity index (χ0n) is 19.1. The summed E-state index contributed by atoms with van der Waals surface area (Å²) in [5.74, 6) is 2.39. The van der Waals surface area contributed by atoms with Crippen LogP contribution in [0.25, 0.3) is 21.8 Å². The summed E-state index contributed by atoms with van der Waals surface area (Å²) in [4.78, 5) is 17.2. The molecule has 0 bridgehead atoms. The normalized spacial score (nSPS) is 15.8. The fraction of sp³-hybridized carbons (Fsp3) is 0.269. The van der Waals surface area contributed by atoms with E-state index in [2.05, 4.69) is 14.9 Å². The van der Waals surface area contributed by atoms with E-state index in [1.807, 2.05) is 67.7 Å². The Bertz CT molecular complexity index is 1250. The minimum absolute atomic E-state index is 0.0414. The van der Waals surface area contributed by atoms with E-state index in [0.29, 0.717) is 11.7 Å². The predicted molar refractivity (Wildman–Crippen MR) is 136 cm³/mol. The lowest BCUT2D eigenvalue weighted by molar-refractivity contribution is 0.170. The van der Waals surface area contributed by atoms with Gasteiger partial charge in [0, 0.05) is 12.1 Å². The first-order valence-electron chi connectivity index (χ1n) is 11.5. The molecule has 7 nitrogen and oxygen atoms in total. The number of para-hydroxylation sites is 2. The van der Waals surface area contributed by atoms with Crippen LogP contribution in [-0.4, -0.2) is 40.8 Å². The molecule has 1 saturated heterocycles. The monoisotopic (exact) mass is 473 g/mol. The van der Waals surface area contributed by atoms with Crippen molar-refractivity contribution in [2.24, 2.45) is 0 Å².